The molecule has 0 aliphatic carbocycles. The lowest BCUT2D eigenvalue weighted by Crippen LogP contribution is -2.14. The van der Waals surface area contributed by atoms with Crippen molar-refractivity contribution in [2.45, 2.75) is 4.90 Å². The van der Waals surface area contributed by atoms with Crippen molar-refractivity contribution in [2.75, 3.05) is 10.5 Å². The standard InChI is InChI=1S/C12H10ClN3O4S/c13-8-1-4-10(5-2-8)15-21(19,20)12-6-3-9(14)7-11(12)16(17)18/h1-7,15H,14H2. The Morgan fingerprint density at radius 3 is 2.33 bits per heavy atom. The molecule has 0 atom stereocenters. The largest absolute Gasteiger partial charge is 0.399 e. The Labute approximate surface area is 125 Å². The molecule has 21 heavy (non-hydrogen) atoms. The number of nitrogens with two attached hydrogens (primary N) is 1. The van der Waals surface area contributed by atoms with Crippen LogP contribution < -0.4 is 10.5 Å². The van der Waals surface area contributed by atoms with Gasteiger partial charge in [0.2, 0.25) is 0 Å². The van der Waals surface area contributed by atoms with E-state index in [0.29, 0.717) is 5.02 Å². The van der Waals surface area contributed by atoms with Crippen LogP contribution in [0.2, 0.25) is 5.02 Å². The van der Waals surface area contributed by atoms with Crippen molar-refractivity contribution in [1.29, 1.82) is 0 Å². The molecule has 0 unspecified atom stereocenters. The third-order valence-electron chi connectivity index (χ3n) is 2.57. The van der Waals surface area contributed by atoms with Crippen molar-refractivity contribution in [3.05, 3.63) is 57.6 Å². The van der Waals surface area contributed by atoms with Gasteiger partial charge in [0.15, 0.2) is 4.90 Å². The molecule has 2 rings (SSSR count). The molecule has 0 bridgehead atoms. The summed E-state index contributed by atoms with van der Waals surface area (Å²) in [5.41, 5.74) is 5.20. The summed E-state index contributed by atoms with van der Waals surface area (Å²) in [6, 6.07) is 9.26. The number of benzene rings is 2. The number of rotatable bonds is 4. The first-order valence-corrected chi connectivity index (χ1v) is 7.48. The van der Waals surface area contributed by atoms with Gasteiger partial charge in [-0.05, 0) is 36.4 Å². The summed E-state index contributed by atoms with van der Waals surface area (Å²) in [5.74, 6) is 0. The van der Waals surface area contributed by atoms with Gasteiger partial charge in [0, 0.05) is 22.5 Å². The minimum absolute atomic E-state index is 0.104. The van der Waals surface area contributed by atoms with Crippen LogP contribution in [0.4, 0.5) is 17.1 Å². The fourth-order valence-electron chi connectivity index (χ4n) is 1.63. The summed E-state index contributed by atoms with van der Waals surface area (Å²) < 4.78 is 26.7. The molecule has 2 aromatic carbocycles. The van der Waals surface area contributed by atoms with E-state index in [4.69, 9.17) is 17.3 Å². The van der Waals surface area contributed by atoms with Crippen LogP contribution in [0.3, 0.4) is 0 Å². The lowest BCUT2D eigenvalue weighted by molar-refractivity contribution is -0.387. The molecule has 0 aromatic heterocycles. The molecule has 0 spiro atoms. The molecule has 110 valence electrons. The first kappa shape index (κ1) is 15.1. The Morgan fingerprint density at radius 1 is 1.14 bits per heavy atom. The first-order chi connectivity index (χ1) is 9.79. The Bertz CT molecular complexity index is 791. The second-order valence-corrected chi connectivity index (χ2v) is 6.18. The Balaban J connectivity index is 2.44. The average molecular weight is 328 g/mol. The van der Waals surface area contributed by atoms with Gasteiger partial charge in [-0.1, -0.05) is 11.6 Å². The minimum atomic E-state index is -4.11. The van der Waals surface area contributed by atoms with Crippen molar-refractivity contribution < 1.29 is 13.3 Å². The van der Waals surface area contributed by atoms with Gasteiger partial charge < -0.3 is 5.73 Å². The summed E-state index contributed by atoms with van der Waals surface area (Å²) in [6.45, 7) is 0. The van der Waals surface area contributed by atoms with Gasteiger partial charge in [-0.15, -0.1) is 0 Å². The lowest BCUT2D eigenvalue weighted by atomic mass is 10.3. The topological polar surface area (TPSA) is 115 Å². The summed E-state index contributed by atoms with van der Waals surface area (Å²) in [4.78, 5) is 9.70. The van der Waals surface area contributed by atoms with E-state index in [1.165, 1.54) is 30.3 Å². The summed E-state index contributed by atoms with van der Waals surface area (Å²) in [5, 5.41) is 11.4. The highest BCUT2D eigenvalue weighted by molar-refractivity contribution is 7.92. The second kappa shape index (κ2) is 5.58. The minimum Gasteiger partial charge on any atom is -0.399 e. The maximum absolute atomic E-state index is 12.2. The number of nitrogens with zero attached hydrogens (tertiary/aromatic N) is 1. The molecule has 0 saturated heterocycles. The zero-order valence-corrected chi connectivity index (χ0v) is 12.1. The number of hydrogen-bond donors (Lipinski definition) is 2. The number of hydrogen-bond acceptors (Lipinski definition) is 5. The highest BCUT2D eigenvalue weighted by atomic mass is 35.5. The maximum Gasteiger partial charge on any atom is 0.291 e. The fraction of sp³-hybridized carbons (Fsp3) is 0. The molecule has 7 nitrogen and oxygen atoms in total. The third kappa shape index (κ3) is 3.41. The summed E-state index contributed by atoms with van der Waals surface area (Å²) in [6.07, 6.45) is 0. The molecule has 0 amide bonds. The molecule has 9 heteroatoms. The normalized spacial score (nSPS) is 11.1. The van der Waals surface area contributed by atoms with Gasteiger partial charge in [0.1, 0.15) is 0 Å². The molecule has 0 heterocycles. The Morgan fingerprint density at radius 2 is 1.76 bits per heavy atom. The monoisotopic (exact) mass is 327 g/mol. The van der Waals surface area contributed by atoms with Gasteiger partial charge in [0.25, 0.3) is 15.7 Å². The number of anilines is 2. The predicted octanol–water partition coefficient (Wildman–Crippen LogP) is 2.63. The van der Waals surface area contributed by atoms with Gasteiger partial charge in [-0.25, -0.2) is 8.42 Å². The number of sulfonamides is 1. The maximum atomic E-state index is 12.2. The van der Waals surface area contributed by atoms with Crippen LogP contribution in [0.15, 0.2) is 47.4 Å². The van der Waals surface area contributed by atoms with Crippen LogP contribution in [0.1, 0.15) is 0 Å². The smallest absolute Gasteiger partial charge is 0.291 e. The van der Waals surface area contributed by atoms with Gasteiger partial charge >= 0.3 is 0 Å². The van der Waals surface area contributed by atoms with E-state index < -0.39 is 25.5 Å². The molecule has 2 aromatic rings. The predicted molar refractivity (Wildman–Crippen MR) is 79.8 cm³/mol. The van der Waals surface area contributed by atoms with Crippen LogP contribution in [0.5, 0.6) is 0 Å². The van der Waals surface area contributed by atoms with Gasteiger partial charge in [-0.3, -0.25) is 14.8 Å². The van der Waals surface area contributed by atoms with Crippen molar-refractivity contribution in [3.63, 3.8) is 0 Å². The zero-order valence-electron chi connectivity index (χ0n) is 10.5. The zero-order chi connectivity index (χ0) is 15.6. The highest BCUT2D eigenvalue weighted by Crippen LogP contribution is 2.28. The SMILES string of the molecule is Nc1ccc(S(=O)(=O)Nc2ccc(Cl)cc2)c([N+](=O)[O-])c1. The molecule has 0 saturated carbocycles. The van der Waals surface area contributed by atoms with E-state index in [-0.39, 0.29) is 11.4 Å². The number of nitrogen functional groups attached to an aromatic ring is 1. The van der Waals surface area contributed by atoms with E-state index in [1.54, 1.807) is 0 Å². The van der Waals surface area contributed by atoms with Crippen molar-refractivity contribution in [2.24, 2.45) is 0 Å². The van der Waals surface area contributed by atoms with Gasteiger partial charge in [0.05, 0.1) is 4.92 Å². The average Bonchev–Trinajstić information content (AvgIpc) is 2.40. The second-order valence-electron chi connectivity index (χ2n) is 4.10. The van der Waals surface area contributed by atoms with Crippen LogP contribution in [-0.4, -0.2) is 13.3 Å². The molecule has 0 radical (unpaired) electrons. The van der Waals surface area contributed by atoms with Crippen LogP contribution in [-0.2, 0) is 10.0 Å². The van der Waals surface area contributed by atoms with Gasteiger partial charge in [-0.2, -0.15) is 0 Å². The summed E-state index contributed by atoms with van der Waals surface area (Å²) >= 11 is 5.70. The molecule has 0 fully saturated rings. The molecule has 0 aliphatic heterocycles. The van der Waals surface area contributed by atoms with E-state index in [1.807, 2.05) is 0 Å². The summed E-state index contributed by atoms with van der Waals surface area (Å²) in [7, 11) is -4.11. The van der Waals surface area contributed by atoms with Crippen LogP contribution in [0.25, 0.3) is 0 Å². The number of nitrogens with one attached hydrogen (secondary N) is 1. The molecule has 3 N–H and O–H groups in total. The van der Waals surface area contributed by atoms with Crippen molar-refractivity contribution in [3.8, 4) is 0 Å². The van der Waals surface area contributed by atoms with E-state index in [9.17, 15) is 18.5 Å². The van der Waals surface area contributed by atoms with E-state index in [0.717, 1.165) is 12.1 Å². The Kier molecular flexibility index (Phi) is 4.01. The van der Waals surface area contributed by atoms with E-state index in [2.05, 4.69) is 4.72 Å². The third-order valence-corrected chi connectivity index (χ3v) is 4.25. The van der Waals surface area contributed by atoms with Crippen LogP contribution in [0, 0.1) is 10.1 Å². The van der Waals surface area contributed by atoms with Crippen molar-refractivity contribution >= 4 is 38.7 Å². The lowest BCUT2D eigenvalue weighted by Gasteiger charge is -2.09. The van der Waals surface area contributed by atoms with Crippen LogP contribution >= 0.6 is 11.6 Å². The molecule has 0 aliphatic rings. The number of nitro groups is 1. The van der Waals surface area contributed by atoms with E-state index >= 15 is 0 Å². The highest BCUT2D eigenvalue weighted by Gasteiger charge is 2.26. The van der Waals surface area contributed by atoms with Crippen molar-refractivity contribution in [1.82, 2.24) is 0 Å². The number of halogens is 1. The molecular weight excluding hydrogens is 318 g/mol. The quantitative estimate of drug-likeness (QED) is 0.508. The number of nitro benzene ring substituents is 1. The molecular formula is C12H10ClN3O4S. The first-order valence-electron chi connectivity index (χ1n) is 5.62. The fourth-order valence-corrected chi connectivity index (χ4v) is 2.97. The Hall–Kier alpha value is -2.32.